The maximum Gasteiger partial charge on any atom is 0.0311 e. The zero-order valence-corrected chi connectivity index (χ0v) is 11.2. The number of hydrogen-bond acceptors (Lipinski definition) is 0. The lowest BCUT2D eigenvalue weighted by atomic mass is 9.87. The highest BCUT2D eigenvalue weighted by atomic mass is 127. The predicted molar refractivity (Wildman–Crippen MR) is 65.6 cm³/mol. The van der Waals surface area contributed by atoms with Gasteiger partial charge in [-0.05, 0) is 55.6 Å². The highest BCUT2D eigenvalue weighted by Gasteiger charge is 2.17. The van der Waals surface area contributed by atoms with Crippen molar-refractivity contribution in [3.05, 3.63) is 31.8 Å². The van der Waals surface area contributed by atoms with Crippen molar-refractivity contribution in [1.82, 2.24) is 0 Å². The monoisotopic (exact) mass is 338 g/mol. The molecule has 0 heterocycles. The van der Waals surface area contributed by atoms with Crippen LogP contribution in [0.5, 0.6) is 0 Å². The van der Waals surface area contributed by atoms with E-state index in [-0.39, 0.29) is 5.41 Å². The van der Waals surface area contributed by atoms with E-state index in [2.05, 4.69) is 77.5 Å². The largest absolute Gasteiger partial charge is 0.0608 e. The minimum atomic E-state index is 0.236. The molecule has 0 unspecified atom stereocenters. The predicted octanol–water partition coefficient (Wildman–Crippen LogP) is 4.35. The van der Waals surface area contributed by atoms with Crippen molar-refractivity contribution in [2.75, 3.05) is 0 Å². The average Bonchev–Trinajstić information content (AvgIpc) is 1.92. The molecule has 0 aliphatic heterocycles. The van der Waals surface area contributed by atoms with Gasteiger partial charge in [0.05, 0.1) is 0 Å². The fourth-order valence-electron chi connectivity index (χ4n) is 1.08. The number of hydrogen-bond donors (Lipinski definition) is 0. The Morgan fingerprint density at radius 2 is 1.83 bits per heavy atom. The Balaban J connectivity index is 3.26. The Morgan fingerprint density at radius 3 is 2.25 bits per heavy atom. The van der Waals surface area contributed by atoms with E-state index in [1.807, 2.05) is 0 Å². The summed E-state index contributed by atoms with van der Waals surface area (Å²) in [6.45, 7) is 6.70. The van der Waals surface area contributed by atoms with E-state index in [1.165, 1.54) is 13.6 Å². The SMILES string of the molecule is CC(C)(C)c1cccc(Br)c1I. The molecule has 1 aromatic carbocycles. The normalized spacial score (nSPS) is 11.8. The molecule has 0 fully saturated rings. The summed E-state index contributed by atoms with van der Waals surface area (Å²) in [7, 11) is 0. The first-order valence-corrected chi connectivity index (χ1v) is 5.74. The van der Waals surface area contributed by atoms with Crippen LogP contribution in [0.2, 0.25) is 0 Å². The Labute approximate surface area is 96.0 Å². The van der Waals surface area contributed by atoms with Gasteiger partial charge >= 0.3 is 0 Å². The van der Waals surface area contributed by atoms with Crippen LogP contribution in [0.3, 0.4) is 0 Å². The summed E-state index contributed by atoms with van der Waals surface area (Å²) in [5.74, 6) is 0. The van der Waals surface area contributed by atoms with E-state index in [9.17, 15) is 0 Å². The fourth-order valence-corrected chi connectivity index (χ4v) is 2.62. The molecule has 66 valence electrons. The van der Waals surface area contributed by atoms with E-state index < -0.39 is 0 Å². The second-order valence-corrected chi connectivity index (χ2v) is 5.78. The molecule has 0 atom stereocenters. The van der Waals surface area contributed by atoms with Gasteiger partial charge in [0.2, 0.25) is 0 Å². The zero-order chi connectivity index (χ0) is 9.35. The molecular formula is C10H12BrI. The van der Waals surface area contributed by atoms with Crippen molar-refractivity contribution < 1.29 is 0 Å². The molecule has 12 heavy (non-hydrogen) atoms. The molecular weight excluding hydrogens is 327 g/mol. The van der Waals surface area contributed by atoms with Gasteiger partial charge in [-0.2, -0.15) is 0 Å². The van der Waals surface area contributed by atoms with E-state index >= 15 is 0 Å². The lowest BCUT2D eigenvalue weighted by Crippen LogP contribution is -2.13. The number of halogens is 2. The average molecular weight is 339 g/mol. The minimum Gasteiger partial charge on any atom is -0.0608 e. The van der Waals surface area contributed by atoms with Gasteiger partial charge in [-0.25, -0.2) is 0 Å². The molecule has 1 rings (SSSR count). The smallest absolute Gasteiger partial charge is 0.0311 e. The summed E-state index contributed by atoms with van der Waals surface area (Å²) in [5.41, 5.74) is 1.64. The molecule has 0 nitrogen and oxygen atoms in total. The van der Waals surface area contributed by atoms with Crippen LogP contribution in [0.15, 0.2) is 22.7 Å². The second-order valence-electron chi connectivity index (χ2n) is 3.85. The second kappa shape index (κ2) is 3.66. The van der Waals surface area contributed by atoms with Gasteiger partial charge in [-0.1, -0.05) is 32.9 Å². The third kappa shape index (κ3) is 2.22. The van der Waals surface area contributed by atoms with Gasteiger partial charge in [0.15, 0.2) is 0 Å². The van der Waals surface area contributed by atoms with E-state index in [1.54, 1.807) is 0 Å². The number of benzene rings is 1. The summed E-state index contributed by atoms with van der Waals surface area (Å²) >= 11 is 5.91. The van der Waals surface area contributed by atoms with Crippen LogP contribution in [-0.4, -0.2) is 0 Å². The molecule has 0 aromatic heterocycles. The van der Waals surface area contributed by atoms with Crippen LogP contribution >= 0.6 is 38.5 Å². The van der Waals surface area contributed by atoms with Gasteiger partial charge in [0.1, 0.15) is 0 Å². The Hall–Kier alpha value is 0.430. The molecule has 2 heteroatoms. The van der Waals surface area contributed by atoms with Crippen molar-refractivity contribution >= 4 is 38.5 Å². The van der Waals surface area contributed by atoms with Gasteiger partial charge < -0.3 is 0 Å². The lowest BCUT2D eigenvalue weighted by Gasteiger charge is -2.21. The highest BCUT2D eigenvalue weighted by Crippen LogP contribution is 2.31. The molecule has 0 N–H and O–H groups in total. The summed E-state index contributed by atoms with van der Waals surface area (Å²) in [5, 5.41) is 0. The standard InChI is InChI=1S/C10H12BrI/c1-10(2,3)7-5-4-6-8(11)9(7)12/h4-6H,1-3H3. The molecule has 0 amide bonds. The Bertz CT molecular complexity index is 286. The molecule has 0 saturated carbocycles. The minimum absolute atomic E-state index is 0.236. The van der Waals surface area contributed by atoms with Crippen LogP contribution in [0.4, 0.5) is 0 Å². The molecule has 1 aromatic rings. The Morgan fingerprint density at radius 1 is 1.25 bits per heavy atom. The first-order valence-electron chi connectivity index (χ1n) is 3.87. The van der Waals surface area contributed by atoms with E-state index in [0.717, 1.165) is 0 Å². The van der Waals surface area contributed by atoms with Gasteiger partial charge in [0.25, 0.3) is 0 Å². The van der Waals surface area contributed by atoms with Gasteiger partial charge in [0, 0.05) is 8.04 Å². The first-order chi connectivity index (χ1) is 5.43. The van der Waals surface area contributed by atoms with Crippen LogP contribution in [0, 0.1) is 3.57 Å². The molecule has 0 spiro atoms. The molecule has 0 radical (unpaired) electrons. The zero-order valence-electron chi connectivity index (χ0n) is 7.49. The van der Waals surface area contributed by atoms with E-state index in [4.69, 9.17) is 0 Å². The van der Waals surface area contributed by atoms with Crippen LogP contribution < -0.4 is 0 Å². The van der Waals surface area contributed by atoms with E-state index in [0.29, 0.717) is 0 Å². The van der Waals surface area contributed by atoms with Crippen molar-refractivity contribution in [2.45, 2.75) is 26.2 Å². The lowest BCUT2D eigenvalue weighted by molar-refractivity contribution is 0.586. The van der Waals surface area contributed by atoms with Crippen molar-refractivity contribution in [3.63, 3.8) is 0 Å². The molecule has 0 aliphatic carbocycles. The molecule has 0 aliphatic rings. The quantitative estimate of drug-likeness (QED) is 0.617. The maximum absolute atomic E-state index is 3.53. The summed E-state index contributed by atoms with van der Waals surface area (Å²) < 4.78 is 2.51. The highest BCUT2D eigenvalue weighted by molar-refractivity contribution is 14.1. The van der Waals surface area contributed by atoms with Crippen LogP contribution in [-0.2, 0) is 5.41 Å². The van der Waals surface area contributed by atoms with Gasteiger partial charge in [-0.15, -0.1) is 0 Å². The summed E-state index contributed by atoms with van der Waals surface area (Å²) in [6, 6.07) is 6.36. The summed E-state index contributed by atoms with van der Waals surface area (Å²) in [4.78, 5) is 0. The van der Waals surface area contributed by atoms with Gasteiger partial charge in [-0.3, -0.25) is 0 Å². The fraction of sp³-hybridized carbons (Fsp3) is 0.400. The number of rotatable bonds is 0. The first kappa shape index (κ1) is 10.5. The van der Waals surface area contributed by atoms with Crippen LogP contribution in [0.1, 0.15) is 26.3 Å². The van der Waals surface area contributed by atoms with Crippen molar-refractivity contribution in [2.24, 2.45) is 0 Å². The summed E-state index contributed by atoms with van der Waals surface area (Å²) in [6.07, 6.45) is 0. The molecule has 0 saturated heterocycles. The molecule has 0 bridgehead atoms. The van der Waals surface area contributed by atoms with Crippen molar-refractivity contribution in [1.29, 1.82) is 0 Å². The Kier molecular flexibility index (Phi) is 3.21. The third-order valence-electron chi connectivity index (χ3n) is 1.76. The topological polar surface area (TPSA) is 0 Å². The maximum atomic E-state index is 3.53. The third-order valence-corrected chi connectivity index (χ3v) is 4.32. The van der Waals surface area contributed by atoms with Crippen molar-refractivity contribution in [3.8, 4) is 0 Å². The van der Waals surface area contributed by atoms with Crippen LogP contribution in [0.25, 0.3) is 0 Å².